The number of nitrogens with one attached hydrogen (secondary N) is 1. The van der Waals surface area contributed by atoms with Crippen LogP contribution in [-0.2, 0) is 21.3 Å². The van der Waals surface area contributed by atoms with Crippen molar-refractivity contribution >= 4 is 10.0 Å². The average Bonchev–Trinajstić information content (AvgIpc) is 2.98. The van der Waals surface area contributed by atoms with Crippen LogP contribution in [0.25, 0.3) is 0 Å². The molecule has 0 radical (unpaired) electrons. The first-order chi connectivity index (χ1) is 9.55. The highest BCUT2D eigenvalue weighted by Crippen LogP contribution is 2.21. The first-order valence-electron chi connectivity index (χ1n) is 6.91. The molecule has 1 fully saturated rings. The summed E-state index contributed by atoms with van der Waals surface area (Å²) in [6, 6.07) is 7.01. The summed E-state index contributed by atoms with van der Waals surface area (Å²) in [4.78, 5) is 0.340. The van der Waals surface area contributed by atoms with Gasteiger partial charge in [0, 0.05) is 20.2 Å². The zero-order valence-electron chi connectivity index (χ0n) is 12.0. The molecular weight excluding hydrogens is 276 g/mol. The van der Waals surface area contributed by atoms with Crippen molar-refractivity contribution in [3.8, 4) is 0 Å². The topological polar surface area (TPSA) is 58.6 Å². The van der Waals surface area contributed by atoms with Gasteiger partial charge < -0.3 is 10.1 Å². The van der Waals surface area contributed by atoms with Gasteiger partial charge in [-0.15, -0.1) is 0 Å². The summed E-state index contributed by atoms with van der Waals surface area (Å²) in [7, 11) is -1.80. The fraction of sp³-hybridized carbons (Fsp3) is 0.571. The van der Waals surface area contributed by atoms with E-state index in [2.05, 4.69) is 5.32 Å². The Hall–Kier alpha value is -0.950. The Balaban J connectivity index is 2.12. The predicted molar refractivity (Wildman–Crippen MR) is 78.0 cm³/mol. The number of rotatable bonds is 6. The van der Waals surface area contributed by atoms with E-state index in [4.69, 9.17) is 4.74 Å². The van der Waals surface area contributed by atoms with Crippen molar-refractivity contribution in [1.82, 2.24) is 9.62 Å². The third-order valence-electron chi connectivity index (χ3n) is 3.60. The van der Waals surface area contributed by atoms with E-state index in [0.717, 1.165) is 25.1 Å². The zero-order valence-corrected chi connectivity index (χ0v) is 12.8. The minimum absolute atomic E-state index is 0.0542. The van der Waals surface area contributed by atoms with Gasteiger partial charge in [0.15, 0.2) is 0 Å². The molecule has 0 aromatic heterocycles. The number of nitrogens with zero attached hydrogens (tertiary/aromatic N) is 1. The van der Waals surface area contributed by atoms with E-state index in [9.17, 15) is 8.42 Å². The molecule has 0 amide bonds. The molecule has 20 heavy (non-hydrogen) atoms. The Morgan fingerprint density at radius 1 is 1.35 bits per heavy atom. The smallest absolute Gasteiger partial charge is 0.243 e. The van der Waals surface area contributed by atoms with Crippen LogP contribution in [0.3, 0.4) is 0 Å². The lowest BCUT2D eigenvalue weighted by Crippen LogP contribution is -2.37. The molecule has 1 aromatic rings. The average molecular weight is 298 g/mol. The first kappa shape index (κ1) is 15.4. The number of hydrogen-bond donors (Lipinski definition) is 1. The first-order valence-corrected chi connectivity index (χ1v) is 8.35. The summed E-state index contributed by atoms with van der Waals surface area (Å²) in [5, 5.41) is 3.21. The minimum atomic E-state index is -3.43. The van der Waals surface area contributed by atoms with Crippen LogP contribution in [0.2, 0.25) is 0 Å². The van der Waals surface area contributed by atoms with Gasteiger partial charge in [-0.2, -0.15) is 4.31 Å². The monoisotopic (exact) mass is 298 g/mol. The van der Waals surface area contributed by atoms with Gasteiger partial charge in [-0.1, -0.05) is 19.1 Å². The largest absolute Gasteiger partial charge is 0.380 e. The lowest BCUT2D eigenvalue weighted by Gasteiger charge is -2.22. The van der Waals surface area contributed by atoms with Gasteiger partial charge in [0.25, 0.3) is 0 Å². The van der Waals surface area contributed by atoms with Crippen LogP contribution >= 0.6 is 0 Å². The van der Waals surface area contributed by atoms with Crippen LogP contribution < -0.4 is 5.32 Å². The molecule has 1 atom stereocenters. The highest BCUT2D eigenvalue weighted by atomic mass is 32.2. The van der Waals surface area contributed by atoms with E-state index < -0.39 is 10.0 Å². The second-order valence-corrected chi connectivity index (χ2v) is 6.96. The summed E-state index contributed by atoms with van der Waals surface area (Å²) >= 11 is 0. The number of sulfonamides is 1. The maximum atomic E-state index is 12.5. The van der Waals surface area contributed by atoms with Crippen molar-refractivity contribution in [2.24, 2.45) is 0 Å². The van der Waals surface area contributed by atoms with E-state index in [0.29, 0.717) is 18.1 Å². The van der Waals surface area contributed by atoms with Gasteiger partial charge in [0.1, 0.15) is 0 Å². The van der Waals surface area contributed by atoms with E-state index in [1.54, 1.807) is 19.2 Å². The molecule has 6 heteroatoms. The molecule has 0 spiro atoms. The molecule has 1 saturated heterocycles. The van der Waals surface area contributed by atoms with Crippen molar-refractivity contribution in [3.63, 3.8) is 0 Å². The van der Waals surface area contributed by atoms with Crippen molar-refractivity contribution < 1.29 is 13.2 Å². The van der Waals surface area contributed by atoms with E-state index in [1.807, 2.05) is 19.1 Å². The van der Waals surface area contributed by atoms with Gasteiger partial charge in [-0.05, 0) is 30.7 Å². The van der Waals surface area contributed by atoms with E-state index >= 15 is 0 Å². The summed E-state index contributed by atoms with van der Waals surface area (Å²) in [5.74, 6) is 0. The quantitative estimate of drug-likeness (QED) is 0.857. The van der Waals surface area contributed by atoms with Gasteiger partial charge in [-0.3, -0.25) is 0 Å². The summed E-state index contributed by atoms with van der Waals surface area (Å²) in [6.07, 6.45) is 0.758. The van der Waals surface area contributed by atoms with E-state index in [1.165, 1.54) is 4.31 Å². The second kappa shape index (κ2) is 6.67. The molecule has 1 aliphatic rings. The molecule has 112 valence electrons. The Morgan fingerprint density at radius 3 is 2.60 bits per heavy atom. The standard InChI is InChI=1S/C14H22N2O3S/c1-3-15-10-12-4-6-14(7-5-12)20(17,18)16(2)13-8-9-19-11-13/h4-7,13,15H,3,8-11H2,1-2H3. The fourth-order valence-electron chi connectivity index (χ4n) is 2.22. The normalized spacial score (nSPS) is 19.6. The molecule has 0 saturated carbocycles. The van der Waals surface area contributed by atoms with Gasteiger partial charge in [0.05, 0.1) is 17.5 Å². The SMILES string of the molecule is CCNCc1ccc(S(=O)(=O)N(C)C2CCOC2)cc1. The molecule has 1 unspecified atom stereocenters. The van der Waals surface area contributed by atoms with Crippen molar-refractivity contribution in [2.75, 3.05) is 26.8 Å². The van der Waals surface area contributed by atoms with Gasteiger partial charge in [-0.25, -0.2) is 8.42 Å². The summed E-state index contributed by atoms with van der Waals surface area (Å²) in [5.41, 5.74) is 1.08. The lowest BCUT2D eigenvalue weighted by atomic mass is 10.2. The number of benzene rings is 1. The van der Waals surface area contributed by atoms with Crippen LogP contribution in [0.5, 0.6) is 0 Å². The van der Waals surface area contributed by atoms with Gasteiger partial charge in [0.2, 0.25) is 10.0 Å². The fourth-order valence-corrected chi connectivity index (χ4v) is 3.59. The minimum Gasteiger partial charge on any atom is -0.380 e. The molecule has 1 aliphatic heterocycles. The third-order valence-corrected chi connectivity index (χ3v) is 5.52. The number of hydrogen-bond acceptors (Lipinski definition) is 4. The molecule has 5 nitrogen and oxygen atoms in total. The number of likely N-dealkylation sites (N-methyl/N-ethyl adjacent to an activating group) is 1. The number of ether oxygens (including phenoxy) is 1. The molecule has 1 N–H and O–H groups in total. The summed E-state index contributed by atoms with van der Waals surface area (Å²) in [6.45, 7) is 4.80. The predicted octanol–water partition coefficient (Wildman–Crippen LogP) is 1.21. The van der Waals surface area contributed by atoms with Crippen LogP contribution in [0.4, 0.5) is 0 Å². The summed E-state index contributed by atoms with van der Waals surface area (Å²) < 4.78 is 31.7. The Bertz CT molecular complexity index is 522. The molecule has 1 heterocycles. The molecule has 0 aliphatic carbocycles. The van der Waals surface area contributed by atoms with Crippen molar-refractivity contribution in [2.45, 2.75) is 30.8 Å². The van der Waals surface area contributed by atoms with Gasteiger partial charge >= 0.3 is 0 Å². The molecular formula is C14H22N2O3S. The Kier molecular flexibility index (Phi) is 5.15. The third kappa shape index (κ3) is 3.38. The highest BCUT2D eigenvalue weighted by molar-refractivity contribution is 7.89. The van der Waals surface area contributed by atoms with Crippen molar-refractivity contribution in [3.05, 3.63) is 29.8 Å². The molecule has 1 aromatic carbocycles. The Labute approximate surface area is 121 Å². The van der Waals surface area contributed by atoms with Crippen LogP contribution in [0.15, 0.2) is 29.2 Å². The lowest BCUT2D eigenvalue weighted by molar-refractivity contribution is 0.181. The van der Waals surface area contributed by atoms with Crippen LogP contribution in [0, 0.1) is 0 Å². The maximum absolute atomic E-state index is 12.5. The van der Waals surface area contributed by atoms with Crippen molar-refractivity contribution in [1.29, 1.82) is 0 Å². The molecule has 0 bridgehead atoms. The maximum Gasteiger partial charge on any atom is 0.243 e. The van der Waals surface area contributed by atoms with Crippen LogP contribution in [-0.4, -0.2) is 45.6 Å². The van der Waals surface area contributed by atoms with E-state index in [-0.39, 0.29) is 6.04 Å². The second-order valence-electron chi connectivity index (χ2n) is 4.96. The molecule has 2 rings (SSSR count). The highest BCUT2D eigenvalue weighted by Gasteiger charge is 2.30. The zero-order chi connectivity index (χ0) is 14.6. The Morgan fingerprint density at radius 2 is 2.05 bits per heavy atom. The van der Waals surface area contributed by atoms with Crippen LogP contribution in [0.1, 0.15) is 18.9 Å².